The number of aliphatic imine (C=N–C) groups is 1. The van der Waals surface area contributed by atoms with Crippen LogP contribution < -0.4 is 5.32 Å². The predicted molar refractivity (Wildman–Crippen MR) is 102 cm³/mol. The van der Waals surface area contributed by atoms with Crippen LogP contribution in [0.4, 0.5) is 0 Å². The fourth-order valence-corrected chi connectivity index (χ4v) is 2.75. The first-order valence-corrected chi connectivity index (χ1v) is 9.14. The summed E-state index contributed by atoms with van der Waals surface area (Å²) in [4.78, 5) is 10.5. The second-order valence-electron chi connectivity index (χ2n) is 6.75. The highest BCUT2D eigenvalue weighted by atomic mass is 16.5. The molecule has 0 unspecified atom stereocenters. The minimum absolute atomic E-state index is 0.723. The number of guanidine groups is 1. The highest BCUT2D eigenvalue weighted by Gasteiger charge is 2.21. The van der Waals surface area contributed by atoms with E-state index in [2.05, 4.69) is 49.6 Å². The Balaban J connectivity index is 1.45. The SMILES string of the molecule is CN=C(NCc1cccc(Cn2cncn2)c1)N(C)CCOCC1CC1. The number of hydrogen-bond donors (Lipinski definition) is 1. The summed E-state index contributed by atoms with van der Waals surface area (Å²) in [5.74, 6) is 1.68. The fourth-order valence-electron chi connectivity index (χ4n) is 2.75. The molecule has 0 radical (unpaired) electrons. The number of aromatic nitrogens is 3. The molecule has 1 fully saturated rings. The van der Waals surface area contributed by atoms with Crippen molar-refractivity contribution in [1.29, 1.82) is 0 Å². The Kier molecular flexibility index (Phi) is 6.60. The molecule has 3 rings (SSSR count). The van der Waals surface area contributed by atoms with Gasteiger partial charge in [0.15, 0.2) is 5.96 Å². The molecule has 7 nitrogen and oxygen atoms in total. The van der Waals surface area contributed by atoms with Crippen molar-refractivity contribution in [3.05, 3.63) is 48.0 Å². The second-order valence-corrected chi connectivity index (χ2v) is 6.75. The van der Waals surface area contributed by atoms with Crippen molar-refractivity contribution in [3.63, 3.8) is 0 Å². The van der Waals surface area contributed by atoms with E-state index >= 15 is 0 Å². The molecule has 0 atom stereocenters. The molecule has 1 saturated carbocycles. The van der Waals surface area contributed by atoms with Crippen LogP contribution in [0.3, 0.4) is 0 Å². The molecule has 1 aliphatic carbocycles. The number of nitrogens with zero attached hydrogens (tertiary/aromatic N) is 5. The fraction of sp³-hybridized carbons (Fsp3) is 0.526. The average Bonchev–Trinajstić information content (AvgIpc) is 3.34. The Morgan fingerprint density at radius 1 is 1.38 bits per heavy atom. The van der Waals surface area contributed by atoms with Crippen LogP contribution in [0.25, 0.3) is 0 Å². The number of nitrogens with one attached hydrogen (secondary N) is 1. The summed E-state index contributed by atoms with van der Waals surface area (Å²) in [6.07, 6.45) is 5.94. The van der Waals surface area contributed by atoms with E-state index in [0.717, 1.165) is 44.7 Å². The summed E-state index contributed by atoms with van der Waals surface area (Å²) in [6, 6.07) is 8.47. The van der Waals surface area contributed by atoms with Crippen molar-refractivity contribution >= 4 is 5.96 Å². The summed E-state index contributed by atoms with van der Waals surface area (Å²) >= 11 is 0. The third-order valence-corrected chi connectivity index (χ3v) is 4.45. The van der Waals surface area contributed by atoms with Gasteiger partial charge < -0.3 is 15.0 Å². The van der Waals surface area contributed by atoms with Crippen LogP contribution in [0.1, 0.15) is 24.0 Å². The summed E-state index contributed by atoms with van der Waals surface area (Å²) in [5.41, 5.74) is 2.41. The molecule has 0 spiro atoms. The number of likely N-dealkylation sites (N-methyl/N-ethyl adjacent to an activating group) is 1. The van der Waals surface area contributed by atoms with Crippen molar-refractivity contribution in [2.45, 2.75) is 25.9 Å². The summed E-state index contributed by atoms with van der Waals surface area (Å²) < 4.78 is 7.53. The lowest BCUT2D eigenvalue weighted by molar-refractivity contribution is 0.115. The third-order valence-electron chi connectivity index (χ3n) is 4.45. The molecule has 26 heavy (non-hydrogen) atoms. The van der Waals surface area contributed by atoms with Crippen molar-refractivity contribution in [2.75, 3.05) is 33.9 Å². The molecule has 1 heterocycles. The largest absolute Gasteiger partial charge is 0.379 e. The Labute approximate surface area is 155 Å². The lowest BCUT2D eigenvalue weighted by Gasteiger charge is -2.22. The minimum atomic E-state index is 0.723. The quantitative estimate of drug-likeness (QED) is 0.421. The van der Waals surface area contributed by atoms with Crippen molar-refractivity contribution < 1.29 is 4.74 Å². The molecule has 1 aromatic carbocycles. The smallest absolute Gasteiger partial charge is 0.193 e. The Bertz CT molecular complexity index is 696. The first kappa shape index (κ1) is 18.4. The van der Waals surface area contributed by atoms with Gasteiger partial charge in [-0.2, -0.15) is 5.10 Å². The lowest BCUT2D eigenvalue weighted by Crippen LogP contribution is -2.40. The van der Waals surface area contributed by atoms with Crippen LogP contribution in [-0.4, -0.2) is 59.5 Å². The summed E-state index contributed by atoms with van der Waals surface area (Å²) in [7, 11) is 3.85. The monoisotopic (exact) mass is 356 g/mol. The van der Waals surface area contributed by atoms with Crippen molar-refractivity contribution in [2.24, 2.45) is 10.9 Å². The molecule has 1 aliphatic rings. The molecular formula is C19H28N6O. The van der Waals surface area contributed by atoms with E-state index < -0.39 is 0 Å². The maximum atomic E-state index is 5.71. The van der Waals surface area contributed by atoms with Crippen LogP contribution in [0.2, 0.25) is 0 Å². The van der Waals surface area contributed by atoms with Gasteiger partial charge in [-0.15, -0.1) is 0 Å². The van der Waals surface area contributed by atoms with E-state index in [-0.39, 0.29) is 0 Å². The summed E-state index contributed by atoms with van der Waals surface area (Å²) in [5, 5.41) is 7.57. The van der Waals surface area contributed by atoms with Crippen LogP contribution in [0.15, 0.2) is 41.9 Å². The molecule has 1 aromatic heterocycles. The molecule has 0 saturated heterocycles. The van der Waals surface area contributed by atoms with Crippen LogP contribution in [0.5, 0.6) is 0 Å². The second kappa shape index (κ2) is 9.33. The van der Waals surface area contributed by atoms with E-state index in [9.17, 15) is 0 Å². The molecular weight excluding hydrogens is 328 g/mol. The number of rotatable bonds is 9. The van der Waals surface area contributed by atoms with Gasteiger partial charge in [-0.25, -0.2) is 9.67 Å². The summed E-state index contributed by atoms with van der Waals surface area (Å²) in [6.45, 7) is 3.92. The Morgan fingerprint density at radius 3 is 2.96 bits per heavy atom. The van der Waals surface area contributed by atoms with Gasteiger partial charge in [0.2, 0.25) is 0 Å². The topological polar surface area (TPSA) is 67.6 Å². The van der Waals surface area contributed by atoms with Crippen LogP contribution in [-0.2, 0) is 17.8 Å². The Morgan fingerprint density at radius 2 is 2.23 bits per heavy atom. The van der Waals surface area contributed by atoms with Crippen LogP contribution >= 0.6 is 0 Å². The van der Waals surface area contributed by atoms with Gasteiger partial charge in [0.25, 0.3) is 0 Å². The number of hydrogen-bond acceptors (Lipinski definition) is 4. The molecule has 140 valence electrons. The zero-order valence-electron chi connectivity index (χ0n) is 15.6. The van der Waals surface area contributed by atoms with Gasteiger partial charge in [0.1, 0.15) is 12.7 Å². The maximum absolute atomic E-state index is 5.71. The van der Waals surface area contributed by atoms with Gasteiger partial charge in [0.05, 0.1) is 13.2 Å². The first-order chi connectivity index (χ1) is 12.7. The average molecular weight is 356 g/mol. The van der Waals surface area contributed by atoms with Crippen molar-refractivity contribution in [3.8, 4) is 0 Å². The van der Waals surface area contributed by atoms with E-state index in [1.165, 1.54) is 24.0 Å². The van der Waals surface area contributed by atoms with E-state index in [1.54, 1.807) is 12.7 Å². The van der Waals surface area contributed by atoms with Gasteiger partial charge >= 0.3 is 0 Å². The molecule has 1 N–H and O–H groups in total. The van der Waals surface area contributed by atoms with Gasteiger partial charge in [-0.05, 0) is 29.9 Å². The first-order valence-electron chi connectivity index (χ1n) is 9.14. The minimum Gasteiger partial charge on any atom is -0.379 e. The van der Waals surface area contributed by atoms with Crippen LogP contribution in [0, 0.1) is 5.92 Å². The highest BCUT2D eigenvalue weighted by Crippen LogP contribution is 2.28. The van der Waals surface area contributed by atoms with Crippen molar-refractivity contribution in [1.82, 2.24) is 25.0 Å². The Hall–Kier alpha value is -2.41. The number of benzene rings is 1. The van der Waals surface area contributed by atoms with Gasteiger partial charge in [-0.3, -0.25) is 4.99 Å². The molecule has 2 aromatic rings. The number of ether oxygens (including phenoxy) is 1. The third kappa shape index (κ3) is 5.84. The van der Waals surface area contributed by atoms with E-state index in [0.29, 0.717) is 0 Å². The maximum Gasteiger partial charge on any atom is 0.193 e. The zero-order chi connectivity index (χ0) is 18.2. The molecule has 0 bridgehead atoms. The zero-order valence-corrected chi connectivity index (χ0v) is 15.6. The van der Waals surface area contributed by atoms with E-state index in [1.807, 2.05) is 18.8 Å². The van der Waals surface area contributed by atoms with E-state index in [4.69, 9.17) is 4.74 Å². The molecule has 7 heteroatoms. The molecule has 0 aliphatic heterocycles. The standard InChI is InChI=1S/C19H28N6O/c1-20-19(24(2)8-9-26-13-16-6-7-16)22-11-17-4-3-5-18(10-17)12-25-15-21-14-23-25/h3-5,10,14-16H,6-9,11-13H2,1-2H3,(H,20,22). The lowest BCUT2D eigenvalue weighted by atomic mass is 10.1. The molecule has 0 amide bonds. The predicted octanol–water partition coefficient (Wildman–Crippen LogP) is 1.76. The van der Waals surface area contributed by atoms with Gasteiger partial charge in [0, 0.05) is 33.8 Å². The normalized spacial score (nSPS) is 14.5. The van der Waals surface area contributed by atoms with Gasteiger partial charge in [-0.1, -0.05) is 24.3 Å². The highest BCUT2D eigenvalue weighted by molar-refractivity contribution is 5.79.